The topological polar surface area (TPSA) is 60.5 Å². The smallest absolute Gasteiger partial charge is 0.255 e. The first kappa shape index (κ1) is 26.4. The average molecular weight is 469 g/mol. The molecule has 2 aromatic carbocycles. The van der Waals surface area contributed by atoms with Gasteiger partial charge in [0.05, 0.1) is 18.5 Å². The van der Waals surface area contributed by atoms with E-state index in [0.717, 1.165) is 40.3 Å². The van der Waals surface area contributed by atoms with Crippen LogP contribution >= 0.6 is 11.6 Å². The quantitative estimate of drug-likeness (QED) is 0.352. The molecule has 5 nitrogen and oxygen atoms in total. The molecule has 3 aromatic rings. The molecule has 0 spiro atoms. The van der Waals surface area contributed by atoms with Crippen LogP contribution in [0.4, 0.5) is 5.69 Å². The number of aryl methyl sites for hydroxylation is 1. The molecule has 33 heavy (non-hydrogen) atoms. The number of methoxy groups -OCH3 is 1. The fourth-order valence-corrected chi connectivity index (χ4v) is 3.38. The summed E-state index contributed by atoms with van der Waals surface area (Å²) in [5, 5.41) is 3.63. The van der Waals surface area contributed by atoms with Crippen LogP contribution in [0.25, 0.3) is 0 Å². The molecule has 3 rings (SSSR count). The summed E-state index contributed by atoms with van der Waals surface area (Å²) >= 11 is 5.88. The summed E-state index contributed by atoms with van der Waals surface area (Å²) in [6.07, 6.45) is 5.26. The minimum absolute atomic E-state index is 0.0797. The first-order valence-corrected chi connectivity index (χ1v) is 11.6. The standard InChI is InChI=1S/C16H18N2O.C11H15ClO2/c1-3-12(2)14-8-4-5-9-15(14)16(19)18-13-7-6-10-17-11-13;1-3-9-8-10(12)4-5-11(9)14-7-6-13-2/h4-12H,3H2,1-2H3,(H,18,19);4-5,8H,3,6-7H2,1-2H3. The predicted octanol–water partition coefficient (Wildman–Crippen LogP) is 6.78. The molecule has 0 radical (unpaired) electrons. The van der Waals surface area contributed by atoms with Gasteiger partial charge in [0, 0.05) is 23.9 Å². The van der Waals surface area contributed by atoms with Gasteiger partial charge in [0.2, 0.25) is 0 Å². The van der Waals surface area contributed by atoms with E-state index in [1.165, 1.54) is 0 Å². The lowest BCUT2D eigenvalue weighted by Gasteiger charge is -2.14. The first-order valence-electron chi connectivity index (χ1n) is 11.2. The number of carbonyl (C=O) groups excluding carboxylic acids is 1. The number of pyridine rings is 1. The summed E-state index contributed by atoms with van der Waals surface area (Å²) in [5.41, 5.74) is 3.67. The van der Waals surface area contributed by atoms with Crippen LogP contribution < -0.4 is 10.1 Å². The Hall–Kier alpha value is -2.89. The lowest BCUT2D eigenvalue weighted by molar-refractivity contribution is 0.102. The summed E-state index contributed by atoms with van der Waals surface area (Å²) < 4.78 is 10.4. The van der Waals surface area contributed by atoms with Gasteiger partial charge in [0.25, 0.3) is 5.91 Å². The van der Waals surface area contributed by atoms with Crippen LogP contribution in [0.15, 0.2) is 67.0 Å². The fourth-order valence-electron chi connectivity index (χ4n) is 3.19. The van der Waals surface area contributed by atoms with Crippen molar-refractivity contribution in [1.82, 2.24) is 4.98 Å². The Balaban J connectivity index is 0.000000245. The zero-order valence-corrected chi connectivity index (χ0v) is 20.6. The van der Waals surface area contributed by atoms with Gasteiger partial charge in [-0.05, 0) is 66.3 Å². The molecule has 1 unspecified atom stereocenters. The maximum absolute atomic E-state index is 12.3. The van der Waals surface area contributed by atoms with Crippen molar-refractivity contribution in [2.24, 2.45) is 0 Å². The second-order valence-corrected chi connectivity index (χ2v) is 7.98. The van der Waals surface area contributed by atoms with E-state index in [-0.39, 0.29) is 5.91 Å². The number of benzene rings is 2. The van der Waals surface area contributed by atoms with Crippen molar-refractivity contribution in [2.45, 2.75) is 39.5 Å². The predicted molar refractivity (Wildman–Crippen MR) is 136 cm³/mol. The molecular weight excluding hydrogens is 436 g/mol. The lowest BCUT2D eigenvalue weighted by atomic mass is 9.93. The highest BCUT2D eigenvalue weighted by Crippen LogP contribution is 2.24. The molecule has 0 fully saturated rings. The van der Waals surface area contributed by atoms with Gasteiger partial charge in [-0.15, -0.1) is 0 Å². The van der Waals surface area contributed by atoms with Gasteiger partial charge in [-0.2, -0.15) is 0 Å². The number of anilines is 1. The average Bonchev–Trinajstić information content (AvgIpc) is 2.85. The van der Waals surface area contributed by atoms with Gasteiger partial charge >= 0.3 is 0 Å². The van der Waals surface area contributed by atoms with Crippen molar-refractivity contribution in [1.29, 1.82) is 0 Å². The number of hydrogen-bond acceptors (Lipinski definition) is 4. The van der Waals surface area contributed by atoms with Gasteiger partial charge in [-0.1, -0.05) is 50.6 Å². The van der Waals surface area contributed by atoms with Crippen molar-refractivity contribution in [3.8, 4) is 5.75 Å². The van der Waals surface area contributed by atoms with Gasteiger partial charge in [0.1, 0.15) is 12.4 Å². The number of aromatic nitrogens is 1. The van der Waals surface area contributed by atoms with Crippen LogP contribution in [0.2, 0.25) is 5.02 Å². The van der Waals surface area contributed by atoms with Crippen LogP contribution in [0.1, 0.15) is 54.6 Å². The van der Waals surface area contributed by atoms with E-state index in [9.17, 15) is 4.79 Å². The molecule has 1 heterocycles. The third kappa shape index (κ3) is 8.52. The number of carbonyl (C=O) groups is 1. The zero-order valence-electron chi connectivity index (χ0n) is 19.8. The molecule has 1 amide bonds. The third-order valence-electron chi connectivity index (χ3n) is 5.22. The molecule has 0 saturated heterocycles. The second-order valence-electron chi connectivity index (χ2n) is 7.54. The Morgan fingerprint density at radius 2 is 1.88 bits per heavy atom. The molecule has 176 valence electrons. The second kappa shape index (κ2) is 14.3. The monoisotopic (exact) mass is 468 g/mol. The van der Waals surface area contributed by atoms with E-state index in [1.54, 1.807) is 25.6 Å². The summed E-state index contributed by atoms with van der Waals surface area (Å²) in [6, 6.07) is 17.1. The van der Waals surface area contributed by atoms with Crippen molar-refractivity contribution in [3.63, 3.8) is 0 Å². The number of nitrogens with one attached hydrogen (secondary N) is 1. The number of amides is 1. The lowest BCUT2D eigenvalue weighted by Crippen LogP contribution is -2.15. The maximum Gasteiger partial charge on any atom is 0.255 e. The van der Waals surface area contributed by atoms with E-state index in [2.05, 4.69) is 31.1 Å². The highest BCUT2D eigenvalue weighted by Gasteiger charge is 2.14. The molecule has 0 aliphatic rings. The van der Waals surface area contributed by atoms with Crippen molar-refractivity contribution in [3.05, 3.63) is 88.7 Å². The summed E-state index contributed by atoms with van der Waals surface area (Å²) in [5.74, 6) is 1.19. The normalized spacial score (nSPS) is 11.2. The van der Waals surface area contributed by atoms with Crippen LogP contribution in [0, 0.1) is 0 Å². The van der Waals surface area contributed by atoms with Crippen molar-refractivity contribution in [2.75, 3.05) is 25.6 Å². The molecule has 1 N–H and O–H groups in total. The number of rotatable bonds is 9. The molecule has 0 aliphatic heterocycles. The van der Waals surface area contributed by atoms with Crippen molar-refractivity contribution >= 4 is 23.2 Å². The van der Waals surface area contributed by atoms with Crippen molar-refractivity contribution < 1.29 is 14.3 Å². The van der Waals surface area contributed by atoms with E-state index in [4.69, 9.17) is 21.1 Å². The van der Waals surface area contributed by atoms with Gasteiger partial charge in [-0.25, -0.2) is 0 Å². The maximum atomic E-state index is 12.3. The Morgan fingerprint density at radius 1 is 1.09 bits per heavy atom. The van der Waals surface area contributed by atoms with E-state index in [0.29, 0.717) is 24.8 Å². The molecule has 1 atom stereocenters. The minimum Gasteiger partial charge on any atom is -0.491 e. The zero-order chi connectivity index (χ0) is 24.1. The minimum atomic E-state index is -0.0797. The van der Waals surface area contributed by atoms with Crippen LogP contribution in [0.5, 0.6) is 5.75 Å². The Kier molecular flexibility index (Phi) is 11.4. The highest BCUT2D eigenvalue weighted by molar-refractivity contribution is 6.30. The largest absolute Gasteiger partial charge is 0.491 e. The Bertz CT molecular complexity index is 996. The van der Waals surface area contributed by atoms with Crippen LogP contribution in [-0.2, 0) is 11.2 Å². The SMILES string of the molecule is CCC(C)c1ccccc1C(=O)Nc1cccnc1.CCc1cc(Cl)ccc1OCCOC. The molecule has 0 saturated carbocycles. The number of halogens is 1. The number of nitrogens with zero attached hydrogens (tertiary/aromatic N) is 1. The summed E-state index contributed by atoms with van der Waals surface area (Å²) in [4.78, 5) is 16.3. The van der Waals surface area contributed by atoms with E-state index >= 15 is 0 Å². The van der Waals surface area contributed by atoms with Gasteiger partial charge in [0.15, 0.2) is 0 Å². The van der Waals surface area contributed by atoms with Gasteiger partial charge < -0.3 is 14.8 Å². The summed E-state index contributed by atoms with van der Waals surface area (Å²) in [6.45, 7) is 7.52. The number of hydrogen-bond donors (Lipinski definition) is 1. The van der Waals surface area contributed by atoms with Gasteiger partial charge in [-0.3, -0.25) is 9.78 Å². The van der Waals surface area contributed by atoms with Crippen LogP contribution in [0.3, 0.4) is 0 Å². The highest BCUT2D eigenvalue weighted by atomic mass is 35.5. The van der Waals surface area contributed by atoms with E-state index < -0.39 is 0 Å². The third-order valence-corrected chi connectivity index (χ3v) is 5.45. The number of ether oxygens (including phenoxy) is 2. The molecule has 0 aliphatic carbocycles. The molecule has 0 bridgehead atoms. The first-order chi connectivity index (χ1) is 16.0. The van der Waals surface area contributed by atoms with Crippen LogP contribution in [-0.4, -0.2) is 31.2 Å². The Labute approximate surface area is 202 Å². The molecule has 1 aromatic heterocycles. The molecular formula is C27H33ClN2O3. The summed E-state index contributed by atoms with van der Waals surface area (Å²) in [7, 11) is 1.66. The fraction of sp³-hybridized carbons (Fsp3) is 0.333. The molecule has 6 heteroatoms. The Morgan fingerprint density at radius 3 is 2.55 bits per heavy atom. The van der Waals surface area contributed by atoms with E-state index in [1.807, 2.05) is 48.5 Å².